The fourth-order valence-corrected chi connectivity index (χ4v) is 2.58. The third-order valence-electron chi connectivity index (χ3n) is 3.26. The number of halogens is 1. The van der Waals surface area contributed by atoms with Crippen LogP contribution >= 0.6 is 15.9 Å². The van der Waals surface area contributed by atoms with Gasteiger partial charge < -0.3 is 9.73 Å². The van der Waals surface area contributed by atoms with E-state index in [4.69, 9.17) is 4.42 Å². The molecule has 0 aliphatic heterocycles. The molecule has 21 heavy (non-hydrogen) atoms. The Bertz CT molecular complexity index is 839. The van der Waals surface area contributed by atoms with Crippen molar-refractivity contribution in [2.45, 2.75) is 13.8 Å². The minimum Gasteiger partial charge on any atom is -0.451 e. The van der Waals surface area contributed by atoms with E-state index in [9.17, 15) is 4.79 Å². The van der Waals surface area contributed by atoms with E-state index in [1.165, 1.54) is 0 Å². The van der Waals surface area contributed by atoms with Crippen molar-refractivity contribution < 1.29 is 9.21 Å². The highest BCUT2D eigenvalue weighted by Crippen LogP contribution is 2.28. The van der Waals surface area contributed by atoms with E-state index in [0.29, 0.717) is 17.0 Å². The summed E-state index contributed by atoms with van der Waals surface area (Å²) >= 11 is 3.43. The molecule has 1 aromatic carbocycles. The third kappa shape index (κ3) is 2.69. The predicted octanol–water partition coefficient (Wildman–Crippen LogP) is 4.46. The van der Waals surface area contributed by atoms with Gasteiger partial charge in [0, 0.05) is 33.0 Å². The van der Waals surface area contributed by atoms with Crippen molar-refractivity contribution >= 4 is 38.5 Å². The second-order valence-corrected chi connectivity index (χ2v) is 5.75. The van der Waals surface area contributed by atoms with Crippen LogP contribution in [0, 0.1) is 13.8 Å². The molecule has 0 aliphatic carbocycles. The molecular formula is C16H13BrN2O2. The monoisotopic (exact) mass is 344 g/mol. The first-order valence-corrected chi connectivity index (χ1v) is 7.26. The van der Waals surface area contributed by atoms with E-state index in [0.717, 1.165) is 21.1 Å². The van der Waals surface area contributed by atoms with Gasteiger partial charge in [-0.1, -0.05) is 15.9 Å². The minimum absolute atomic E-state index is 0.259. The van der Waals surface area contributed by atoms with Gasteiger partial charge in [0.05, 0.1) is 0 Å². The van der Waals surface area contributed by atoms with Crippen LogP contribution in [0.1, 0.15) is 21.8 Å². The normalized spacial score (nSPS) is 10.8. The Labute approximate surface area is 130 Å². The zero-order valence-corrected chi connectivity index (χ0v) is 13.2. The zero-order chi connectivity index (χ0) is 15.0. The number of hydrogen-bond donors (Lipinski definition) is 1. The number of fused-ring (bicyclic) bond motifs is 1. The molecule has 0 saturated carbocycles. The third-order valence-corrected chi connectivity index (χ3v) is 3.75. The molecule has 0 spiro atoms. The summed E-state index contributed by atoms with van der Waals surface area (Å²) < 4.78 is 6.62. The number of furan rings is 1. The van der Waals surface area contributed by atoms with Crippen LogP contribution in [-0.2, 0) is 0 Å². The first kappa shape index (κ1) is 13.8. The number of rotatable bonds is 2. The number of benzene rings is 1. The quantitative estimate of drug-likeness (QED) is 0.746. The highest BCUT2D eigenvalue weighted by Gasteiger charge is 2.18. The molecule has 0 unspecified atom stereocenters. The molecule has 0 atom stereocenters. The van der Waals surface area contributed by atoms with Crippen LogP contribution in [-0.4, -0.2) is 10.9 Å². The molecule has 0 fully saturated rings. The Hall–Kier alpha value is -2.14. The fourth-order valence-electron chi connectivity index (χ4n) is 2.22. The molecule has 106 valence electrons. The van der Waals surface area contributed by atoms with Crippen molar-refractivity contribution in [3.63, 3.8) is 0 Å². The molecule has 0 aliphatic rings. The van der Waals surface area contributed by atoms with Gasteiger partial charge in [-0.05, 0) is 44.2 Å². The van der Waals surface area contributed by atoms with Crippen molar-refractivity contribution in [3.05, 3.63) is 58.0 Å². The van der Waals surface area contributed by atoms with Crippen LogP contribution in [0.4, 0.5) is 5.69 Å². The SMILES string of the molecule is Cc1cc(NC(=O)c2oc3ccc(Br)cc3c2C)ccn1. The number of anilines is 1. The summed E-state index contributed by atoms with van der Waals surface area (Å²) in [6, 6.07) is 9.24. The van der Waals surface area contributed by atoms with Gasteiger partial charge in [-0.3, -0.25) is 9.78 Å². The van der Waals surface area contributed by atoms with E-state index in [-0.39, 0.29) is 5.91 Å². The van der Waals surface area contributed by atoms with Crippen LogP contribution in [0.2, 0.25) is 0 Å². The topological polar surface area (TPSA) is 55.1 Å². The van der Waals surface area contributed by atoms with Crippen molar-refractivity contribution in [1.82, 2.24) is 4.98 Å². The van der Waals surface area contributed by atoms with Crippen molar-refractivity contribution in [3.8, 4) is 0 Å². The number of hydrogen-bond acceptors (Lipinski definition) is 3. The highest BCUT2D eigenvalue weighted by molar-refractivity contribution is 9.10. The fraction of sp³-hybridized carbons (Fsp3) is 0.125. The van der Waals surface area contributed by atoms with E-state index >= 15 is 0 Å². The number of aromatic nitrogens is 1. The Morgan fingerprint density at radius 2 is 2.05 bits per heavy atom. The zero-order valence-electron chi connectivity index (χ0n) is 11.6. The first-order valence-electron chi connectivity index (χ1n) is 6.47. The lowest BCUT2D eigenvalue weighted by Gasteiger charge is -2.04. The largest absolute Gasteiger partial charge is 0.451 e. The van der Waals surface area contributed by atoms with Crippen LogP contribution in [0.15, 0.2) is 45.4 Å². The molecule has 5 heteroatoms. The Kier molecular flexibility index (Phi) is 3.51. The summed E-state index contributed by atoms with van der Waals surface area (Å²) in [6.45, 7) is 3.75. The second kappa shape index (κ2) is 5.33. The molecule has 0 bridgehead atoms. The van der Waals surface area contributed by atoms with Gasteiger partial charge in [-0.25, -0.2) is 0 Å². The van der Waals surface area contributed by atoms with Crippen molar-refractivity contribution in [2.75, 3.05) is 5.32 Å². The van der Waals surface area contributed by atoms with Gasteiger partial charge >= 0.3 is 0 Å². The molecular weight excluding hydrogens is 332 g/mol. The number of nitrogens with zero attached hydrogens (tertiary/aromatic N) is 1. The number of carbonyl (C=O) groups is 1. The molecule has 2 aromatic heterocycles. The molecule has 3 aromatic rings. The molecule has 1 N–H and O–H groups in total. The minimum atomic E-state index is -0.259. The summed E-state index contributed by atoms with van der Waals surface area (Å²) in [5.41, 5.74) is 3.08. The first-order chi connectivity index (χ1) is 10.0. The Morgan fingerprint density at radius 1 is 1.24 bits per heavy atom. The Balaban J connectivity index is 1.96. The summed E-state index contributed by atoms with van der Waals surface area (Å²) in [5.74, 6) is 0.0722. The van der Waals surface area contributed by atoms with E-state index in [2.05, 4.69) is 26.2 Å². The lowest BCUT2D eigenvalue weighted by Crippen LogP contribution is -2.12. The molecule has 0 radical (unpaired) electrons. The average molecular weight is 345 g/mol. The smallest absolute Gasteiger partial charge is 0.291 e. The van der Waals surface area contributed by atoms with Gasteiger partial charge in [-0.2, -0.15) is 0 Å². The number of amides is 1. The van der Waals surface area contributed by atoms with Crippen LogP contribution in [0.3, 0.4) is 0 Å². The lowest BCUT2D eigenvalue weighted by molar-refractivity contribution is 0.0998. The standard InChI is InChI=1S/C16H13BrN2O2/c1-9-7-12(5-6-18-9)19-16(20)15-10(2)13-8-11(17)3-4-14(13)21-15/h3-8H,1-2H3,(H,18,19,20). The van der Waals surface area contributed by atoms with Gasteiger partial charge in [0.1, 0.15) is 5.58 Å². The molecule has 3 rings (SSSR count). The molecule has 0 saturated heterocycles. The van der Waals surface area contributed by atoms with Gasteiger partial charge in [0.25, 0.3) is 5.91 Å². The van der Waals surface area contributed by atoms with Gasteiger partial charge in [0.15, 0.2) is 5.76 Å². The van der Waals surface area contributed by atoms with Crippen LogP contribution < -0.4 is 5.32 Å². The maximum Gasteiger partial charge on any atom is 0.291 e. The van der Waals surface area contributed by atoms with Crippen molar-refractivity contribution in [1.29, 1.82) is 0 Å². The highest BCUT2D eigenvalue weighted by atomic mass is 79.9. The number of pyridine rings is 1. The summed E-state index contributed by atoms with van der Waals surface area (Å²) in [5, 5.41) is 3.76. The lowest BCUT2D eigenvalue weighted by atomic mass is 10.1. The van der Waals surface area contributed by atoms with Gasteiger partial charge in [0.2, 0.25) is 0 Å². The van der Waals surface area contributed by atoms with E-state index in [1.54, 1.807) is 12.3 Å². The van der Waals surface area contributed by atoms with E-state index < -0.39 is 0 Å². The number of carbonyl (C=O) groups excluding carboxylic acids is 1. The van der Waals surface area contributed by atoms with Crippen LogP contribution in [0.5, 0.6) is 0 Å². The molecule has 2 heterocycles. The maximum atomic E-state index is 12.4. The number of nitrogens with one attached hydrogen (secondary N) is 1. The molecule has 1 amide bonds. The predicted molar refractivity (Wildman–Crippen MR) is 85.6 cm³/mol. The second-order valence-electron chi connectivity index (χ2n) is 4.84. The van der Waals surface area contributed by atoms with E-state index in [1.807, 2.05) is 38.1 Å². The van der Waals surface area contributed by atoms with Crippen molar-refractivity contribution in [2.24, 2.45) is 0 Å². The Morgan fingerprint density at radius 3 is 2.81 bits per heavy atom. The maximum absolute atomic E-state index is 12.4. The summed E-state index contributed by atoms with van der Waals surface area (Å²) in [4.78, 5) is 16.5. The average Bonchev–Trinajstić information content (AvgIpc) is 2.76. The summed E-state index contributed by atoms with van der Waals surface area (Å²) in [6.07, 6.45) is 1.66. The van der Waals surface area contributed by atoms with Crippen LogP contribution in [0.25, 0.3) is 11.0 Å². The summed E-state index contributed by atoms with van der Waals surface area (Å²) in [7, 11) is 0. The number of aryl methyl sites for hydroxylation is 2. The molecule has 4 nitrogen and oxygen atoms in total. The van der Waals surface area contributed by atoms with Gasteiger partial charge in [-0.15, -0.1) is 0 Å².